The van der Waals surface area contributed by atoms with Crippen LogP contribution in [0.5, 0.6) is 0 Å². The molecule has 0 amide bonds. The van der Waals surface area contributed by atoms with Crippen LogP contribution in [0.1, 0.15) is 32.9 Å². The molecule has 0 aromatic carbocycles. The number of hydrogen-bond donors (Lipinski definition) is 1. The van der Waals surface area contributed by atoms with E-state index in [1.807, 2.05) is 0 Å². The number of nitrogens with zero attached hydrogens (tertiary/aromatic N) is 2. The third-order valence-corrected chi connectivity index (χ3v) is 4.05. The van der Waals surface area contributed by atoms with Crippen LogP contribution < -0.4 is 10.2 Å². The average Bonchev–Trinajstić information content (AvgIpc) is 2.82. The lowest BCUT2D eigenvalue weighted by atomic mass is 10.1. The molecule has 2 atom stereocenters. The van der Waals surface area contributed by atoms with Crippen molar-refractivity contribution in [1.29, 1.82) is 0 Å². The fourth-order valence-electron chi connectivity index (χ4n) is 2.33. The standard InChI is InChI=1S/C12H21N3S/c1-4-13-6-11-8-16-12(14-11)15-7-9(2)5-10(15)3/h8-10,13H,4-7H2,1-3H3. The average molecular weight is 239 g/mol. The second-order valence-electron chi connectivity index (χ2n) is 4.74. The number of anilines is 1. The quantitative estimate of drug-likeness (QED) is 0.875. The van der Waals surface area contributed by atoms with Gasteiger partial charge in [0.05, 0.1) is 5.69 Å². The van der Waals surface area contributed by atoms with Gasteiger partial charge in [-0.2, -0.15) is 0 Å². The lowest BCUT2D eigenvalue weighted by Crippen LogP contribution is -2.26. The minimum atomic E-state index is 0.646. The Balaban J connectivity index is 2.01. The van der Waals surface area contributed by atoms with E-state index < -0.39 is 0 Å². The third-order valence-electron chi connectivity index (χ3n) is 3.13. The van der Waals surface area contributed by atoms with Gasteiger partial charge in [0, 0.05) is 24.5 Å². The van der Waals surface area contributed by atoms with Gasteiger partial charge in [-0.1, -0.05) is 13.8 Å². The lowest BCUT2D eigenvalue weighted by Gasteiger charge is -2.19. The van der Waals surface area contributed by atoms with E-state index >= 15 is 0 Å². The molecule has 1 aromatic heterocycles. The monoisotopic (exact) mass is 239 g/mol. The van der Waals surface area contributed by atoms with E-state index in [4.69, 9.17) is 4.98 Å². The Morgan fingerprint density at radius 3 is 3.00 bits per heavy atom. The van der Waals surface area contributed by atoms with Gasteiger partial charge in [0.2, 0.25) is 0 Å². The number of hydrogen-bond acceptors (Lipinski definition) is 4. The first-order chi connectivity index (χ1) is 7.70. The summed E-state index contributed by atoms with van der Waals surface area (Å²) in [5, 5.41) is 6.69. The molecule has 0 saturated carbocycles. The Hall–Kier alpha value is -0.610. The van der Waals surface area contributed by atoms with E-state index in [0.29, 0.717) is 6.04 Å². The van der Waals surface area contributed by atoms with Crippen LogP contribution in [0.4, 0.5) is 5.13 Å². The van der Waals surface area contributed by atoms with Gasteiger partial charge in [-0.3, -0.25) is 0 Å². The number of nitrogens with one attached hydrogen (secondary N) is 1. The third kappa shape index (κ3) is 2.55. The summed E-state index contributed by atoms with van der Waals surface area (Å²) >= 11 is 1.78. The second-order valence-corrected chi connectivity index (χ2v) is 5.58. The van der Waals surface area contributed by atoms with Crippen molar-refractivity contribution < 1.29 is 0 Å². The van der Waals surface area contributed by atoms with Crippen LogP contribution in [0, 0.1) is 5.92 Å². The zero-order valence-corrected chi connectivity index (χ0v) is 11.2. The van der Waals surface area contributed by atoms with Crippen LogP contribution in [0.3, 0.4) is 0 Å². The van der Waals surface area contributed by atoms with Crippen molar-refractivity contribution in [1.82, 2.24) is 10.3 Å². The van der Waals surface area contributed by atoms with E-state index in [1.165, 1.54) is 17.2 Å². The Morgan fingerprint density at radius 2 is 2.38 bits per heavy atom. The van der Waals surface area contributed by atoms with Crippen LogP contribution >= 0.6 is 11.3 Å². The molecule has 1 aliphatic rings. The molecule has 1 fully saturated rings. The van der Waals surface area contributed by atoms with Crippen molar-refractivity contribution in [3.8, 4) is 0 Å². The van der Waals surface area contributed by atoms with Gasteiger partial charge in [-0.25, -0.2) is 4.98 Å². The Morgan fingerprint density at radius 1 is 1.56 bits per heavy atom. The highest BCUT2D eigenvalue weighted by Crippen LogP contribution is 2.30. The first-order valence-electron chi connectivity index (χ1n) is 6.12. The van der Waals surface area contributed by atoms with E-state index in [-0.39, 0.29) is 0 Å². The predicted octanol–water partition coefficient (Wildman–Crippen LogP) is 2.49. The molecule has 2 heterocycles. The molecule has 4 heteroatoms. The number of rotatable bonds is 4. The summed E-state index contributed by atoms with van der Waals surface area (Å²) in [6, 6.07) is 0.646. The number of thiazole rings is 1. The van der Waals surface area contributed by atoms with Crippen LogP contribution in [-0.2, 0) is 6.54 Å². The van der Waals surface area contributed by atoms with Gasteiger partial charge < -0.3 is 10.2 Å². The molecule has 16 heavy (non-hydrogen) atoms. The van der Waals surface area contributed by atoms with Gasteiger partial charge in [-0.15, -0.1) is 11.3 Å². The molecular formula is C12H21N3S. The van der Waals surface area contributed by atoms with Gasteiger partial charge in [0.25, 0.3) is 0 Å². The molecule has 1 N–H and O–H groups in total. The van der Waals surface area contributed by atoms with Crippen molar-refractivity contribution in [2.24, 2.45) is 5.92 Å². The minimum absolute atomic E-state index is 0.646. The maximum Gasteiger partial charge on any atom is 0.185 e. The van der Waals surface area contributed by atoms with Crippen molar-refractivity contribution in [2.45, 2.75) is 39.8 Å². The Labute approximate surface area is 102 Å². The van der Waals surface area contributed by atoms with Crippen molar-refractivity contribution in [3.05, 3.63) is 11.1 Å². The molecular weight excluding hydrogens is 218 g/mol. The summed E-state index contributed by atoms with van der Waals surface area (Å²) < 4.78 is 0. The number of aromatic nitrogens is 1. The maximum atomic E-state index is 4.70. The summed E-state index contributed by atoms with van der Waals surface area (Å²) in [6.07, 6.45) is 1.29. The van der Waals surface area contributed by atoms with Crippen LogP contribution in [0.2, 0.25) is 0 Å². The normalized spacial score (nSPS) is 25.3. The molecule has 0 aliphatic carbocycles. The topological polar surface area (TPSA) is 28.2 Å². The molecule has 0 spiro atoms. The summed E-state index contributed by atoms with van der Waals surface area (Å²) in [4.78, 5) is 7.15. The van der Waals surface area contributed by atoms with Crippen LogP contribution in [0.25, 0.3) is 0 Å². The fourth-order valence-corrected chi connectivity index (χ4v) is 3.27. The molecule has 90 valence electrons. The summed E-state index contributed by atoms with van der Waals surface area (Å²) in [7, 11) is 0. The Kier molecular flexibility index (Phi) is 3.82. The SMILES string of the molecule is CCNCc1csc(N2CC(C)CC2C)n1. The van der Waals surface area contributed by atoms with Crippen molar-refractivity contribution in [2.75, 3.05) is 18.0 Å². The van der Waals surface area contributed by atoms with Gasteiger partial charge >= 0.3 is 0 Å². The highest BCUT2D eigenvalue weighted by molar-refractivity contribution is 7.13. The highest BCUT2D eigenvalue weighted by Gasteiger charge is 2.27. The van der Waals surface area contributed by atoms with Crippen LogP contribution in [0.15, 0.2) is 5.38 Å². The van der Waals surface area contributed by atoms with E-state index in [1.54, 1.807) is 11.3 Å². The first-order valence-corrected chi connectivity index (χ1v) is 7.00. The van der Waals surface area contributed by atoms with E-state index in [2.05, 4.69) is 36.4 Å². The van der Waals surface area contributed by atoms with Gasteiger partial charge in [-0.05, 0) is 25.8 Å². The van der Waals surface area contributed by atoms with E-state index in [0.717, 1.165) is 25.6 Å². The van der Waals surface area contributed by atoms with Crippen molar-refractivity contribution >= 4 is 16.5 Å². The summed E-state index contributed by atoms with van der Waals surface area (Å²) in [5.74, 6) is 0.802. The smallest absolute Gasteiger partial charge is 0.185 e. The maximum absolute atomic E-state index is 4.70. The van der Waals surface area contributed by atoms with Crippen molar-refractivity contribution in [3.63, 3.8) is 0 Å². The molecule has 1 saturated heterocycles. The zero-order valence-electron chi connectivity index (χ0n) is 10.4. The molecule has 3 nitrogen and oxygen atoms in total. The van der Waals surface area contributed by atoms with Gasteiger partial charge in [0.1, 0.15) is 0 Å². The largest absolute Gasteiger partial charge is 0.345 e. The molecule has 1 aliphatic heterocycles. The Bertz CT molecular complexity index is 337. The van der Waals surface area contributed by atoms with E-state index in [9.17, 15) is 0 Å². The molecule has 1 aromatic rings. The van der Waals surface area contributed by atoms with Gasteiger partial charge in [0.15, 0.2) is 5.13 Å². The first kappa shape index (κ1) is 11.9. The molecule has 0 bridgehead atoms. The zero-order chi connectivity index (χ0) is 11.5. The highest BCUT2D eigenvalue weighted by atomic mass is 32.1. The minimum Gasteiger partial charge on any atom is -0.345 e. The summed E-state index contributed by atoms with van der Waals surface area (Å²) in [5.41, 5.74) is 1.17. The molecule has 0 radical (unpaired) electrons. The molecule has 2 unspecified atom stereocenters. The van der Waals surface area contributed by atoms with Crippen LogP contribution in [-0.4, -0.2) is 24.1 Å². The second kappa shape index (κ2) is 5.15. The predicted molar refractivity (Wildman–Crippen MR) is 70.1 cm³/mol. The fraction of sp³-hybridized carbons (Fsp3) is 0.750. The summed E-state index contributed by atoms with van der Waals surface area (Å²) in [6.45, 7) is 9.81. The molecule has 2 rings (SSSR count). The lowest BCUT2D eigenvalue weighted by molar-refractivity contribution is 0.625.